The first-order valence-electron chi connectivity index (χ1n) is 21.0. The largest absolute Gasteiger partial charge is 0.469 e. The number of hydrogen-bond donors (Lipinski definition) is 2. The molecule has 10 heteroatoms. The van der Waals surface area contributed by atoms with Crippen LogP contribution in [0.4, 0.5) is 0 Å². The molecule has 0 bridgehead atoms. The van der Waals surface area contributed by atoms with E-state index in [0.29, 0.717) is 31.5 Å². The molecule has 1 rings (SSSR count). The maximum atomic E-state index is 12.4. The third-order valence-electron chi connectivity index (χ3n) is 8.81. The van der Waals surface area contributed by atoms with E-state index in [0.717, 1.165) is 57.8 Å². The summed E-state index contributed by atoms with van der Waals surface area (Å²) in [5.41, 5.74) is 0. The van der Waals surface area contributed by atoms with Crippen LogP contribution in [0.25, 0.3) is 0 Å². The van der Waals surface area contributed by atoms with Crippen LogP contribution in [0.5, 0.6) is 0 Å². The second kappa shape index (κ2) is 35.6. The van der Waals surface area contributed by atoms with Gasteiger partial charge in [-0.05, 0) is 89.9 Å². The lowest BCUT2D eigenvalue weighted by atomic mass is 10.1. The number of allylic oxidation sites excluding steroid dienone is 13. The van der Waals surface area contributed by atoms with Crippen LogP contribution >= 0.6 is 7.82 Å². The van der Waals surface area contributed by atoms with Crippen molar-refractivity contribution >= 4 is 19.8 Å². The molecule has 1 aliphatic heterocycles. The average molecular weight is 789 g/mol. The van der Waals surface area contributed by atoms with Crippen LogP contribution in [-0.2, 0) is 32.9 Å². The van der Waals surface area contributed by atoms with Gasteiger partial charge in [0, 0.05) is 12.8 Å². The van der Waals surface area contributed by atoms with Gasteiger partial charge in [-0.25, -0.2) is 4.57 Å². The molecule has 312 valence electrons. The van der Waals surface area contributed by atoms with Crippen molar-refractivity contribution in [3.63, 3.8) is 0 Å². The molecule has 0 spiro atoms. The number of hydrogen-bond acceptors (Lipinski definition) is 7. The minimum absolute atomic E-state index is 0.155. The first-order chi connectivity index (χ1) is 26.7. The van der Waals surface area contributed by atoms with Gasteiger partial charge in [0.25, 0.3) is 0 Å². The van der Waals surface area contributed by atoms with Crippen LogP contribution < -0.4 is 0 Å². The number of unbranched alkanes of at least 4 members (excludes halogenated alkanes) is 9. The van der Waals surface area contributed by atoms with Crippen LogP contribution in [0, 0.1) is 0 Å². The van der Waals surface area contributed by atoms with Crippen molar-refractivity contribution in [1.82, 2.24) is 0 Å². The second-order valence-electron chi connectivity index (χ2n) is 14.0. The maximum Gasteiger partial charge on any atom is 0.469 e. The smallest absolute Gasteiger partial charge is 0.462 e. The van der Waals surface area contributed by atoms with E-state index in [2.05, 4.69) is 97.4 Å². The number of carbonyl (C=O) groups excluding carboxylic acids is 2. The molecule has 1 fully saturated rings. The SMILES string of the molecule is CCCCC/C=C\C/C=C\C/C=C\C/C=C\CCCCCC(=O)O[C@H](COC(=O)CCC/C=C\C/C=C\C/C=C\CC1OC1CCCCC)COP(=O)(O)O. The number of esters is 2. The summed E-state index contributed by atoms with van der Waals surface area (Å²) in [6.45, 7) is 3.53. The van der Waals surface area contributed by atoms with Crippen LogP contribution in [0.1, 0.15) is 155 Å². The van der Waals surface area contributed by atoms with Gasteiger partial charge in [0.1, 0.15) is 6.61 Å². The highest BCUT2D eigenvalue weighted by molar-refractivity contribution is 7.46. The predicted molar refractivity (Wildman–Crippen MR) is 224 cm³/mol. The second-order valence-corrected chi connectivity index (χ2v) is 15.2. The molecule has 0 aromatic heterocycles. The van der Waals surface area contributed by atoms with Gasteiger partial charge in [-0.15, -0.1) is 0 Å². The Kier molecular flexibility index (Phi) is 32.5. The Morgan fingerprint density at radius 1 is 0.582 bits per heavy atom. The highest BCUT2D eigenvalue weighted by Gasteiger charge is 2.36. The van der Waals surface area contributed by atoms with Gasteiger partial charge in [0.05, 0.1) is 18.8 Å². The Hall–Kier alpha value is -2.81. The molecule has 0 aliphatic carbocycles. The summed E-state index contributed by atoms with van der Waals surface area (Å²) in [7, 11) is -4.78. The minimum Gasteiger partial charge on any atom is -0.462 e. The monoisotopic (exact) mass is 788 g/mol. The molecule has 0 saturated carbocycles. The average Bonchev–Trinajstić information content (AvgIpc) is 3.91. The van der Waals surface area contributed by atoms with E-state index in [9.17, 15) is 14.2 Å². The molecule has 0 aromatic carbocycles. The highest BCUT2D eigenvalue weighted by Crippen LogP contribution is 2.36. The maximum absolute atomic E-state index is 12.4. The normalized spacial score (nSPS) is 17.0. The van der Waals surface area contributed by atoms with Gasteiger partial charge in [0.15, 0.2) is 6.10 Å². The van der Waals surface area contributed by atoms with Crippen molar-refractivity contribution in [3.8, 4) is 0 Å². The molecule has 2 unspecified atom stereocenters. The summed E-state index contributed by atoms with van der Waals surface area (Å²) in [6.07, 6.45) is 50.5. The minimum atomic E-state index is -4.78. The first kappa shape index (κ1) is 50.2. The Bertz CT molecular complexity index is 1230. The van der Waals surface area contributed by atoms with E-state index >= 15 is 0 Å². The predicted octanol–water partition coefficient (Wildman–Crippen LogP) is 11.8. The number of rotatable bonds is 36. The van der Waals surface area contributed by atoms with Crippen molar-refractivity contribution in [1.29, 1.82) is 0 Å². The molecule has 1 aliphatic rings. The van der Waals surface area contributed by atoms with Crippen molar-refractivity contribution in [2.75, 3.05) is 13.2 Å². The molecule has 0 amide bonds. The summed E-state index contributed by atoms with van der Waals surface area (Å²) in [4.78, 5) is 42.8. The Balaban J connectivity index is 2.14. The fourth-order valence-electron chi connectivity index (χ4n) is 5.56. The standard InChI is InChI=1S/C45H73O9P/c1-3-5-7-8-9-10-11-12-13-14-15-16-17-18-19-24-27-30-34-38-45(47)53-41(40-52-55(48,49)50)39-51-44(46)37-33-29-26-23-21-20-22-25-28-32-36-43-42(54-43)35-31-6-4-2/h9-10,12-13,15-16,18-20,22-23,26,28,32,41-43H,3-8,11,14,17,21,24-25,27,29-31,33-40H2,1-2H3,(H2,48,49,50)/b10-9-,13-12-,16-15-,19-18-,22-20-,26-23-,32-28-/t41-,42?,43?/m1/s1. The van der Waals surface area contributed by atoms with Crippen LogP contribution in [-0.4, -0.2) is 53.3 Å². The van der Waals surface area contributed by atoms with E-state index in [4.69, 9.17) is 24.0 Å². The van der Waals surface area contributed by atoms with Crippen molar-refractivity contribution in [3.05, 3.63) is 85.1 Å². The molecule has 9 nitrogen and oxygen atoms in total. The fraction of sp³-hybridized carbons (Fsp3) is 0.644. The van der Waals surface area contributed by atoms with E-state index in [1.54, 1.807) is 0 Å². The van der Waals surface area contributed by atoms with Crippen molar-refractivity contribution < 1.29 is 42.7 Å². The lowest BCUT2D eigenvalue weighted by Crippen LogP contribution is -2.29. The quantitative estimate of drug-likeness (QED) is 0.0209. The van der Waals surface area contributed by atoms with E-state index < -0.39 is 32.5 Å². The summed E-state index contributed by atoms with van der Waals surface area (Å²) >= 11 is 0. The van der Waals surface area contributed by atoms with Crippen molar-refractivity contribution in [2.24, 2.45) is 0 Å². The molecular weight excluding hydrogens is 715 g/mol. The zero-order chi connectivity index (χ0) is 40.1. The first-order valence-corrected chi connectivity index (χ1v) is 22.5. The third-order valence-corrected chi connectivity index (χ3v) is 9.30. The lowest BCUT2D eigenvalue weighted by molar-refractivity contribution is -0.161. The molecule has 3 atom stereocenters. The molecule has 55 heavy (non-hydrogen) atoms. The Morgan fingerprint density at radius 2 is 1.07 bits per heavy atom. The number of epoxide rings is 1. The number of phosphoric acid groups is 1. The summed E-state index contributed by atoms with van der Waals surface area (Å²) in [5.74, 6) is -1.000. The Labute approximate surface area is 333 Å². The molecule has 1 saturated heterocycles. The third kappa shape index (κ3) is 35.4. The fourth-order valence-corrected chi connectivity index (χ4v) is 5.92. The zero-order valence-corrected chi connectivity index (χ0v) is 34.9. The zero-order valence-electron chi connectivity index (χ0n) is 34.0. The number of phosphoric ester groups is 1. The van der Waals surface area contributed by atoms with Gasteiger partial charge in [-0.1, -0.05) is 137 Å². The number of ether oxygens (including phenoxy) is 3. The molecule has 0 radical (unpaired) electrons. The molecular formula is C45H73O9P. The molecule has 1 heterocycles. The van der Waals surface area contributed by atoms with Gasteiger partial charge < -0.3 is 24.0 Å². The van der Waals surface area contributed by atoms with Gasteiger partial charge >= 0.3 is 19.8 Å². The topological polar surface area (TPSA) is 132 Å². The summed E-state index contributed by atoms with van der Waals surface area (Å²) in [5, 5.41) is 0. The number of carbonyl (C=O) groups is 2. The molecule has 2 N–H and O–H groups in total. The molecule has 0 aromatic rings. The summed E-state index contributed by atoms with van der Waals surface area (Å²) in [6, 6.07) is 0. The van der Waals surface area contributed by atoms with Gasteiger partial charge in [-0.2, -0.15) is 0 Å². The van der Waals surface area contributed by atoms with Crippen LogP contribution in [0.15, 0.2) is 85.1 Å². The van der Waals surface area contributed by atoms with E-state index in [1.807, 2.05) is 6.08 Å². The Morgan fingerprint density at radius 3 is 1.64 bits per heavy atom. The van der Waals surface area contributed by atoms with Crippen molar-refractivity contribution in [2.45, 2.75) is 173 Å². The van der Waals surface area contributed by atoms with Gasteiger partial charge in [-0.3, -0.25) is 14.1 Å². The van der Waals surface area contributed by atoms with E-state index in [1.165, 1.54) is 51.4 Å². The van der Waals surface area contributed by atoms with E-state index in [-0.39, 0.29) is 19.4 Å². The van der Waals surface area contributed by atoms with Gasteiger partial charge in [0.2, 0.25) is 0 Å². The lowest BCUT2D eigenvalue weighted by Gasteiger charge is -2.18. The summed E-state index contributed by atoms with van der Waals surface area (Å²) < 4.78 is 32.0. The van der Waals surface area contributed by atoms with Crippen LogP contribution in [0.3, 0.4) is 0 Å². The highest BCUT2D eigenvalue weighted by atomic mass is 31.2. The van der Waals surface area contributed by atoms with Crippen LogP contribution in [0.2, 0.25) is 0 Å².